The third kappa shape index (κ3) is 3.41. The lowest BCUT2D eigenvalue weighted by atomic mass is 10.1. The van der Waals surface area contributed by atoms with E-state index < -0.39 is 16.0 Å². The molecule has 0 aromatic heterocycles. The van der Waals surface area contributed by atoms with Crippen molar-refractivity contribution in [1.82, 2.24) is 9.62 Å². The number of nitrogens with one attached hydrogen (secondary N) is 1. The summed E-state index contributed by atoms with van der Waals surface area (Å²) in [7, 11) is -3.52. The van der Waals surface area contributed by atoms with Crippen LogP contribution >= 0.6 is 0 Å². The number of carbonyl (C=O) groups excluding carboxylic acids is 1. The SMILES string of the molecule is CCOC(=O)c1ccc(S(=O)(=O)N2CCC3CCC(C2)N3)cc1. The van der Waals surface area contributed by atoms with E-state index in [2.05, 4.69) is 5.32 Å². The highest BCUT2D eigenvalue weighted by molar-refractivity contribution is 7.89. The van der Waals surface area contributed by atoms with Crippen molar-refractivity contribution in [2.75, 3.05) is 19.7 Å². The van der Waals surface area contributed by atoms with Gasteiger partial charge in [0, 0.05) is 25.2 Å². The number of fused-ring (bicyclic) bond motifs is 2. The summed E-state index contributed by atoms with van der Waals surface area (Å²) in [5.74, 6) is -0.437. The van der Waals surface area contributed by atoms with Crippen LogP contribution in [0, 0.1) is 0 Å². The normalized spacial score (nSPS) is 25.1. The Morgan fingerprint density at radius 2 is 1.91 bits per heavy atom. The van der Waals surface area contributed by atoms with Crippen molar-refractivity contribution in [2.24, 2.45) is 0 Å². The number of rotatable bonds is 4. The Balaban J connectivity index is 1.78. The summed E-state index contributed by atoms with van der Waals surface area (Å²) in [4.78, 5) is 11.9. The molecule has 2 aliphatic rings. The fraction of sp³-hybridized carbons (Fsp3) is 0.562. The molecule has 2 fully saturated rings. The lowest BCUT2D eigenvalue weighted by molar-refractivity contribution is 0.0526. The zero-order chi connectivity index (χ0) is 16.4. The Kier molecular flexibility index (Phi) is 4.70. The van der Waals surface area contributed by atoms with Gasteiger partial charge in [0.2, 0.25) is 10.0 Å². The average molecular weight is 338 g/mol. The van der Waals surface area contributed by atoms with Gasteiger partial charge < -0.3 is 10.1 Å². The molecule has 126 valence electrons. The number of ether oxygens (including phenoxy) is 1. The van der Waals surface area contributed by atoms with Crippen LogP contribution in [0.1, 0.15) is 36.5 Å². The molecule has 0 aliphatic carbocycles. The Morgan fingerprint density at radius 3 is 2.61 bits per heavy atom. The molecule has 2 saturated heterocycles. The van der Waals surface area contributed by atoms with Crippen molar-refractivity contribution < 1.29 is 17.9 Å². The van der Waals surface area contributed by atoms with Gasteiger partial charge in [0.15, 0.2) is 0 Å². The van der Waals surface area contributed by atoms with Crippen molar-refractivity contribution in [2.45, 2.75) is 43.2 Å². The van der Waals surface area contributed by atoms with Crippen LogP contribution in [0.25, 0.3) is 0 Å². The van der Waals surface area contributed by atoms with Crippen LogP contribution in [-0.2, 0) is 14.8 Å². The van der Waals surface area contributed by atoms with Gasteiger partial charge in [-0.3, -0.25) is 0 Å². The minimum atomic E-state index is -3.52. The Labute approximate surface area is 136 Å². The van der Waals surface area contributed by atoms with E-state index in [1.165, 1.54) is 24.3 Å². The quantitative estimate of drug-likeness (QED) is 0.840. The third-order valence-electron chi connectivity index (χ3n) is 4.49. The monoisotopic (exact) mass is 338 g/mol. The molecule has 0 spiro atoms. The maximum atomic E-state index is 12.8. The van der Waals surface area contributed by atoms with Crippen molar-refractivity contribution in [3.8, 4) is 0 Å². The molecule has 0 saturated carbocycles. The maximum absolute atomic E-state index is 12.8. The fourth-order valence-electron chi connectivity index (χ4n) is 3.26. The second-order valence-electron chi connectivity index (χ2n) is 6.03. The molecule has 1 aromatic carbocycles. The van der Waals surface area contributed by atoms with E-state index in [4.69, 9.17) is 4.74 Å². The molecular formula is C16H22N2O4S. The maximum Gasteiger partial charge on any atom is 0.338 e. The fourth-order valence-corrected chi connectivity index (χ4v) is 4.76. The van der Waals surface area contributed by atoms with Gasteiger partial charge in [0.05, 0.1) is 17.1 Å². The molecule has 0 amide bonds. The molecule has 3 rings (SSSR count). The van der Waals surface area contributed by atoms with Gasteiger partial charge in [-0.15, -0.1) is 0 Å². The highest BCUT2D eigenvalue weighted by Gasteiger charge is 2.34. The van der Waals surface area contributed by atoms with E-state index in [1.54, 1.807) is 11.2 Å². The summed E-state index contributed by atoms with van der Waals surface area (Å²) in [6.45, 7) is 3.08. The first kappa shape index (κ1) is 16.4. The minimum absolute atomic E-state index is 0.225. The Bertz CT molecular complexity index is 672. The molecule has 2 atom stereocenters. The van der Waals surface area contributed by atoms with Crippen molar-refractivity contribution in [3.05, 3.63) is 29.8 Å². The molecule has 2 aliphatic heterocycles. The van der Waals surface area contributed by atoms with Crippen LogP contribution in [0.4, 0.5) is 0 Å². The number of hydrogen-bond acceptors (Lipinski definition) is 5. The minimum Gasteiger partial charge on any atom is -0.462 e. The predicted octanol–water partition coefficient (Wildman–Crippen LogP) is 1.38. The Morgan fingerprint density at radius 1 is 1.22 bits per heavy atom. The lowest BCUT2D eigenvalue weighted by Gasteiger charge is -2.23. The molecule has 6 nitrogen and oxygen atoms in total. The van der Waals surface area contributed by atoms with Gasteiger partial charge >= 0.3 is 5.97 Å². The van der Waals surface area contributed by atoms with Crippen molar-refractivity contribution in [1.29, 1.82) is 0 Å². The zero-order valence-corrected chi connectivity index (χ0v) is 14.0. The first-order valence-corrected chi connectivity index (χ1v) is 9.48. The summed E-state index contributed by atoms with van der Waals surface area (Å²) in [5, 5.41) is 3.48. The smallest absolute Gasteiger partial charge is 0.338 e. The highest BCUT2D eigenvalue weighted by Crippen LogP contribution is 2.25. The summed E-state index contributed by atoms with van der Waals surface area (Å²) < 4.78 is 32.1. The lowest BCUT2D eigenvalue weighted by Crippen LogP contribution is -2.39. The van der Waals surface area contributed by atoms with Crippen LogP contribution in [0.2, 0.25) is 0 Å². The first-order valence-electron chi connectivity index (χ1n) is 8.04. The van der Waals surface area contributed by atoms with E-state index in [0.29, 0.717) is 31.3 Å². The van der Waals surface area contributed by atoms with E-state index in [-0.39, 0.29) is 10.9 Å². The molecule has 23 heavy (non-hydrogen) atoms. The number of benzene rings is 1. The second-order valence-corrected chi connectivity index (χ2v) is 7.97. The summed E-state index contributed by atoms with van der Waals surface area (Å²) in [5.41, 5.74) is 0.363. The zero-order valence-electron chi connectivity index (χ0n) is 13.2. The van der Waals surface area contributed by atoms with Gasteiger partial charge in [-0.1, -0.05) is 0 Å². The van der Waals surface area contributed by atoms with Crippen LogP contribution < -0.4 is 5.32 Å². The number of carbonyl (C=O) groups is 1. The average Bonchev–Trinajstić information content (AvgIpc) is 2.86. The topological polar surface area (TPSA) is 75.7 Å². The number of esters is 1. The summed E-state index contributed by atoms with van der Waals surface area (Å²) >= 11 is 0. The molecule has 0 radical (unpaired) electrons. The van der Waals surface area contributed by atoms with Crippen LogP contribution in [0.3, 0.4) is 0 Å². The van der Waals surface area contributed by atoms with Gasteiger partial charge in [0.1, 0.15) is 0 Å². The number of hydrogen-bond donors (Lipinski definition) is 1. The molecule has 7 heteroatoms. The highest BCUT2D eigenvalue weighted by atomic mass is 32.2. The molecule has 2 heterocycles. The van der Waals surface area contributed by atoms with E-state index in [1.807, 2.05) is 0 Å². The first-order chi connectivity index (χ1) is 11.0. The predicted molar refractivity (Wildman–Crippen MR) is 85.7 cm³/mol. The van der Waals surface area contributed by atoms with Crippen LogP contribution in [-0.4, -0.2) is 50.5 Å². The van der Waals surface area contributed by atoms with Gasteiger partial charge in [-0.25, -0.2) is 13.2 Å². The number of nitrogens with zero attached hydrogens (tertiary/aromatic N) is 1. The van der Waals surface area contributed by atoms with Crippen LogP contribution in [0.5, 0.6) is 0 Å². The summed E-state index contributed by atoms with van der Waals surface area (Å²) in [6, 6.07) is 6.67. The van der Waals surface area contributed by atoms with Crippen molar-refractivity contribution >= 4 is 16.0 Å². The third-order valence-corrected chi connectivity index (χ3v) is 6.37. The Hall–Kier alpha value is -1.44. The molecular weight excluding hydrogens is 316 g/mol. The number of sulfonamides is 1. The van der Waals surface area contributed by atoms with Gasteiger partial charge in [0.25, 0.3) is 0 Å². The largest absolute Gasteiger partial charge is 0.462 e. The van der Waals surface area contributed by atoms with E-state index >= 15 is 0 Å². The van der Waals surface area contributed by atoms with Crippen molar-refractivity contribution in [3.63, 3.8) is 0 Å². The van der Waals surface area contributed by atoms with E-state index in [9.17, 15) is 13.2 Å². The van der Waals surface area contributed by atoms with Crippen LogP contribution in [0.15, 0.2) is 29.2 Å². The van der Waals surface area contributed by atoms with Gasteiger partial charge in [-0.05, 0) is 50.5 Å². The summed E-state index contributed by atoms with van der Waals surface area (Å²) in [6.07, 6.45) is 3.00. The molecule has 2 unspecified atom stereocenters. The van der Waals surface area contributed by atoms with Gasteiger partial charge in [-0.2, -0.15) is 4.31 Å². The molecule has 2 bridgehead atoms. The second kappa shape index (κ2) is 6.59. The molecule has 1 aromatic rings. The molecule has 1 N–H and O–H groups in total. The van der Waals surface area contributed by atoms with E-state index in [0.717, 1.165) is 19.3 Å². The standard InChI is InChI=1S/C16H22N2O4S/c1-2-22-16(19)12-3-7-15(8-4-12)23(20,21)18-10-9-13-5-6-14(11-18)17-13/h3-4,7-8,13-14,17H,2,5-6,9-11H2,1H3.